The molecule has 184 valence electrons. The summed E-state index contributed by atoms with van der Waals surface area (Å²) >= 11 is 13.2. The van der Waals surface area contributed by atoms with Gasteiger partial charge in [0.2, 0.25) is 5.91 Å². The van der Waals surface area contributed by atoms with Crippen molar-refractivity contribution in [1.82, 2.24) is 14.7 Å². The van der Waals surface area contributed by atoms with Gasteiger partial charge in [-0.25, -0.2) is 4.79 Å². The highest BCUT2D eigenvalue weighted by atomic mass is 35.5. The van der Waals surface area contributed by atoms with Crippen LogP contribution in [0.4, 0.5) is 5.00 Å². The van der Waals surface area contributed by atoms with Crippen molar-refractivity contribution in [2.24, 2.45) is 0 Å². The molecular weight excluding hydrogens is 499 g/mol. The lowest BCUT2D eigenvalue weighted by Gasteiger charge is -2.34. The molecule has 8 nitrogen and oxygen atoms in total. The molecule has 1 fully saturated rings. The van der Waals surface area contributed by atoms with Gasteiger partial charge < -0.3 is 15.0 Å². The number of anilines is 1. The van der Waals surface area contributed by atoms with Crippen molar-refractivity contribution in [3.63, 3.8) is 0 Å². The number of carbonyl (C=O) groups excluding carboxylic acids is 3. The minimum Gasteiger partial charge on any atom is -0.465 e. The maximum absolute atomic E-state index is 12.8. The summed E-state index contributed by atoms with van der Waals surface area (Å²) in [4.78, 5) is 43.8. The molecule has 1 aromatic carbocycles. The summed E-state index contributed by atoms with van der Waals surface area (Å²) in [7, 11) is 4.55. The number of halogens is 2. The zero-order valence-corrected chi connectivity index (χ0v) is 21.9. The van der Waals surface area contributed by atoms with Gasteiger partial charge in [-0.05, 0) is 30.2 Å². The Morgan fingerprint density at radius 1 is 1.09 bits per heavy atom. The summed E-state index contributed by atoms with van der Waals surface area (Å²) < 4.78 is 4.88. The third kappa shape index (κ3) is 6.28. The van der Waals surface area contributed by atoms with E-state index in [1.807, 2.05) is 12.1 Å². The van der Waals surface area contributed by atoms with Crippen LogP contribution in [0.3, 0.4) is 0 Å². The van der Waals surface area contributed by atoms with E-state index in [0.717, 1.165) is 49.6 Å². The van der Waals surface area contributed by atoms with Crippen LogP contribution in [0.15, 0.2) is 18.2 Å². The van der Waals surface area contributed by atoms with Gasteiger partial charge >= 0.3 is 5.97 Å². The van der Waals surface area contributed by atoms with Crippen LogP contribution in [0, 0.1) is 6.92 Å². The van der Waals surface area contributed by atoms with Crippen LogP contribution in [0.25, 0.3) is 0 Å². The SMILES string of the molecule is COC(=O)c1c(NC(=O)CN2CCN(Cc3ccc(Cl)c(Cl)c3)CC2)sc(C(=O)N(C)C)c1C. The molecule has 0 unspecified atom stereocenters. The minimum atomic E-state index is -0.585. The van der Waals surface area contributed by atoms with Gasteiger partial charge in [0, 0.05) is 46.8 Å². The monoisotopic (exact) mass is 526 g/mol. The van der Waals surface area contributed by atoms with E-state index < -0.39 is 5.97 Å². The third-order valence-corrected chi connectivity index (χ3v) is 7.55. The number of benzene rings is 1. The summed E-state index contributed by atoms with van der Waals surface area (Å²) in [5.74, 6) is -1.06. The van der Waals surface area contributed by atoms with Gasteiger partial charge in [-0.1, -0.05) is 29.3 Å². The first-order chi connectivity index (χ1) is 16.1. The summed E-state index contributed by atoms with van der Waals surface area (Å²) in [6.07, 6.45) is 0. The smallest absolute Gasteiger partial charge is 0.341 e. The fourth-order valence-corrected chi connectivity index (χ4v) is 5.28. The number of methoxy groups -OCH3 is 1. The Morgan fingerprint density at radius 3 is 2.32 bits per heavy atom. The van der Waals surface area contributed by atoms with E-state index in [1.54, 1.807) is 27.1 Å². The van der Waals surface area contributed by atoms with Gasteiger partial charge in [-0.3, -0.25) is 19.4 Å². The van der Waals surface area contributed by atoms with E-state index in [1.165, 1.54) is 12.0 Å². The van der Waals surface area contributed by atoms with Crippen molar-refractivity contribution in [3.8, 4) is 0 Å². The van der Waals surface area contributed by atoms with E-state index in [2.05, 4.69) is 15.1 Å². The first-order valence-electron chi connectivity index (χ1n) is 10.7. The maximum Gasteiger partial charge on any atom is 0.341 e. The lowest BCUT2D eigenvalue weighted by atomic mass is 10.1. The van der Waals surface area contributed by atoms with Crippen LogP contribution in [-0.2, 0) is 16.1 Å². The second kappa shape index (κ2) is 11.5. The molecule has 0 spiro atoms. The Labute approximate surface area is 213 Å². The number of hydrogen-bond donors (Lipinski definition) is 1. The van der Waals surface area contributed by atoms with Crippen LogP contribution in [-0.4, -0.2) is 86.4 Å². The van der Waals surface area contributed by atoms with Gasteiger partial charge in [0.05, 0.1) is 34.1 Å². The van der Waals surface area contributed by atoms with Crippen LogP contribution in [0.2, 0.25) is 10.0 Å². The number of nitrogens with one attached hydrogen (secondary N) is 1. The Morgan fingerprint density at radius 2 is 1.74 bits per heavy atom. The molecule has 1 saturated heterocycles. The average Bonchev–Trinajstić information content (AvgIpc) is 3.11. The van der Waals surface area contributed by atoms with Crippen molar-refractivity contribution in [3.05, 3.63) is 49.8 Å². The van der Waals surface area contributed by atoms with Crippen LogP contribution >= 0.6 is 34.5 Å². The molecule has 0 saturated carbocycles. The quantitative estimate of drug-likeness (QED) is 0.555. The average molecular weight is 527 g/mol. The molecule has 0 aliphatic carbocycles. The van der Waals surface area contributed by atoms with E-state index in [0.29, 0.717) is 25.5 Å². The summed E-state index contributed by atoms with van der Waals surface area (Å²) in [6, 6.07) is 5.64. The van der Waals surface area contributed by atoms with Gasteiger partial charge in [0.15, 0.2) is 0 Å². The number of esters is 1. The van der Waals surface area contributed by atoms with Crippen LogP contribution in [0.1, 0.15) is 31.2 Å². The Kier molecular flexibility index (Phi) is 8.95. The Hall–Kier alpha value is -2.17. The van der Waals surface area contributed by atoms with Crippen molar-refractivity contribution in [2.45, 2.75) is 13.5 Å². The lowest BCUT2D eigenvalue weighted by Crippen LogP contribution is -2.48. The van der Waals surface area contributed by atoms with Gasteiger partial charge in [-0.15, -0.1) is 11.3 Å². The molecular formula is C23H28Cl2N4O4S. The minimum absolute atomic E-state index is 0.190. The first kappa shape index (κ1) is 26.4. The molecule has 2 aromatic rings. The first-order valence-corrected chi connectivity index (χ1v) is 12.3. The van der Waals surface area contributed by atoms with Crippen molar-refractivity contribution < 1.29 is 19.1 Å². The number of carbonyl (C=O) groups is 3. The highest BCUT2D eigenvalue weighted by Gasteiger charge is 2.27. The van der Waals surface area contributed by atoms with E-state index in [-0.39, 0.29) is 23.9 Å². The van der Waals surface area contributed by atoms with Crippen molar-refractivity contribution >= 4 is 57.3 Å². The molecule has 2 heterocycles. The van der Waals surface area contributed by atoms with Crippen LogP contribution in [0.5, 0.6) is 0 Å². The molecule has 34 heavy (non-hydrogen) atoms. The van der Waals surface area contributed by atoms with Gasteiger partial charge in [0.1, 0.15) is 5.00 Å². The molecule has 1 aliphatic heterocycles. The predicted octanol–water partition coefficient (Wildman–Crippen LogP) is 3.61. The van der Waals surface area contributed by atoms with Crippen LogP contribution < -0.4 is 5.32 Å². The number of piperazine rings is 1. The van der Waals surface area contributed by atoms with Crippen molar-refractivity contribution in [1.29, 1.82) is 0 Å². The Bertz CT molecular complexity index is 1080. The standard InChI is InChI=1S/C23H28Cl2N4O4S/c1-14-19(23(32)33-4)21(34-20(14)22(31)27(2)3)26-18(30)13-29-9-7-28(8-10-29)12-15-5-6-16(24)17(25)11-15/h5-6,11H,7-10,12-13H2,1-4H3,(H,26,30). The number of nitrogens with zero attached hydrogens (tertiary/aromatic N) is 3. The normalized spacial score (nSPS) is 14.6. The predicted molar refractivity (Wildman–Crippen MR) is 135 cm³/mol. The van der Waals surface area contributed by atoms with Gasteiger partial charge in [0.25, 0.3) is 5.91 Å². The molecule has 1 N–H and O–H groups in total. The second-order valence-electron chi connectivity index (χ2n) is 8.30. The Balaban J connectivity index is 1.59. The highest BCUT2D eigenvalue weighted by molar-refractivity contribution is 7.18. The van der Waals surface area contributed by atoms with Crippen molar-refractivity contribution in [2.75, 3.05) is 59.2 Å². The summed E-state index contributed by atoms with van der Waals surface area (Å²) in [5, 5.41) is 4.23. The molecule has 0 atom stereocenters. The maximum atomic E-state index is 12.8. The molecule has 1 aromatic heterocycles. The largest absolute Gasteiger partial charge is 0.465 e. The lowest BCUT2D eigenvalue weighted by molar-refractivity contribution is -0.117. The number of ether oxygens (including phenoxy) is 1. The van der Waals surface area contributed by atoms with E-state index >= 15 is 0 Å². The fourth-order valence-electron chi connectivity index (χ4n) is 3.73. The third-order valence-electron chi connectivity index (χ3n) is 5.61. The number of amides is 2. The fraction of sp³-hybridized carbons (Fsp3) is 0.435. The number of thiophene rings is 1. The molecule has 2 amide bonds. The summed E-state index contributed by atoms with van der Waals surface area (Å²) in [6.45, 7) is 5.70. The highest BCUT2D eigenvalue weighted by Crippen LogP contribution is 2.34. The molecule has 3 rings (SSSR count). The second-order valence-corrected chi connectivity index (χ2v) is 10.1. The van der Waals surface area contributed by atoms with E-state index in [4.69, 9.17) is 27.9 Å². The topological polar surface area (TPSA) is 82.2 Å². The molecule has 1 aliphatic rings. The summed E-state index contributed by atoms with van der Waals surface area (Å²) in [5.41, 5.74) is 1.81. The molecule has 11 heteroatoms. The molecule has 0 bridgehead atoms. The number of hydrogen-bond acceptors (Lipinski definition) is 7. The van der Waals surface area contributed by atoms with E-state index in [9.17, 15) is 14.4 Å². The molecule has 0 radical (unpaired) electrons. The van der Waals surface area contributed by atoms with Gasteiger partial charge in [-0.2, -0.15) is 0 Å². The zero-order chi connectivity index (χ0) is 25.0. The number of rotatable bonds is 7. The zero-order valence-electron chi connectivity index (χ0n) is 19.6.